The molecule has 2 aromatic rings. The zero-order valence-electron chi connectivity index (χ0n) is 7.95. The van der Waals surface area contributed by atoms with Crippen LogP contribution < -0.4 is 27.4 Å². The molecular formula is C9H11ClN2OS. The van der Waals surface area contributed by atoms with Crippen molar-refractivity contribution in [1.29, 1.82) is 0 Å². The molecule has 0 aliphatic heterocycles. The van der Waals surface area contributed by atoms with Gasteiger partial charge in [-0.15, -0.1) is 0 Å². The van der Waals surface area contributed by atoms with Crippen molar-refractivity contribution in [1.82, 2.24) is 0 Å². The number of halogens is 1. The molecule has 0 amide bonds. The van der Waals surface area contributed by atoms with Crippen LogP contribution in [0.5, 0.6) is 5.75 Å². The van der Waals surface area contributed by atoms with Gasteiger partial charge in [-0.1, -0.05) is 0 Å². The van der Waals surface area contributed by atoms with Crippen molar-refractivity contribution >= 4 is 26.7 Å². The Kier molecular flexibility index (Phi) is 3.18. The monoisotopic (exact) mass is 230 g/mol. The number of rotatable bonds is 1. The quantitative estimate of drug-likeness (QED) is 0.595. The third kappa shape index (κ3) is 1.63. The number of anilines is 1. The Morgan fingerprint density at radius 3 is 2.79 bits per heavy atom. The normalized spacial score (nSPS) is 9.86. The van der Waals surface area contributed by atoms with Crippen molar-refractivity contribution in [2.45, 2.75) is 0 Å². The number of hydrogen-bond acceptors (Lipinski definition) is 3. The number of aromatic nitrogens is 1. The van der Waals surface area contributed by atoms with Crippen LogP contribution in [0.4, 0.5) is 5.13 Å². The van der Waals surface area contributed by atoms with E-state index >= 15 is 0 Å². The van der Waals surface area contributed by atoms with E-state index in [0.29, 0.717) is 0 Å². The molecule has 76 valence electrons. The molecule has 1 aromatic heterocycles. The summed E-state index contributed by atoms with van der Waals surface area (Å²) in [7, 11) is 3.62. The lowest BCUT2D eigenvalue weighted by Crippen LogP contribution is -3.00. The number of thiazole rings is 1. The number of benzene rings is 1. The molecule has 0 unspecified atom stereocenters. The van der Waals surface area contributed by atoms with Crippen molar-refractivity contribution in [2.24, 2.45) is 7.05 Å². The van der Waals surface area contributed by atoms with Crippen LogP contribution in [0, 0.1) is 0 Å². The highest BCUT2D eigenvalue weighted by Gasteiger charge is 2.10. The second-order valence-electron chi connectivity index (χ2n) is 2.83. The Hall–Kier alpha value is -1.00. The molecular weight excluding hydrogens is 220 g/mol. The standard InChI is InChI=1S/C9H10N2OS.ClH/c1-11-7-4-3-6(12-2)5-8(7)13-9(11)10;/h3-5,10H,1-2H3;1H. The van der Waals surface area contributed by atoms with Crippen LogP contribution in [0.25, 0.3) is 10.2 Å². The van der Waals surface area contributed by atoms with E-state index in [1.54, 1.807) is 18.4 Å². The summed E-state index contributed by atoms with van der Waals surface area (Å²) in [5.41, 5.74) is 6.93. The molecule has 3 nitrogen and oxygen atoms in total. The lowest BCUT2D eigenvalue weighted by atomic mass is 10.3. The highest BCUT2D eigenvalue weighted by molar-refractivity contribution is 7.21. The van der Waals surface area contributed by atoms with Gasteiger partial charge in [-0.3, -0.25) is 5.73 Å². The third-order valence-corrected chi connectivity index (χ3v) is 3.10. The van der Waals surface area contributed by atoms with Crippen molar-refractivity contribution < 1.29 is 21.7 Å². The minimum absolute atomic E-state index is 0. The van der Waals surface area contributed by atoms with E-state index in [-0.39, 0.29) is 12.4 Å². The molecule has 5 heteroatoms. The largest absolute Gasteiger partial charge is 1.00 e. The average Bonchev–Trinajstić information content (AvgIpc) is 2.42. The van der Waals surface area contributed by atoms with E-state index in [2.05, 4.69) is 0 Å². The molecule has 0 fully saturated rings. The van der Waals surface area contributed by atoms with Gasteiger partial charge >= 0.3 is 5.13 Å². The molecule has 1 aromatic carbocycles. The van der Waals surface area contributed by atoms with Gasteiger partial charge in [0.15, 0.2) is 0 Å². The Morgan fingerprint density at radius 2 is 2.14 bits per heavy atom. The zero-order chi connectivity index (χ0) is 9.42. The first-order valence-corrected chi connectivity index (χ1v) is 4.76. The number of nitrogens with two attached hydrogens (primary N) is 1. The predicted octanol–water partition coefficient (Wildman–Crippen LogP) is -1.68. The first kappa shape index (κ1) is 11.1. The molecule has 0 atom stereocenters. The van der Waals surface area contributed by atoms with Gasteiger partial charge in [0.1, 0.15) is 11.3 Å². The zero-order valence-corrected chi connectivity index (χ0v) is 9.52. The Bertz CT molecular complexity index is 455. The number of nitrogen functional groups attached to an aromatic ring is 1. The molecule has 0 radical (unpaired) electrons. The van der Waals surface area contributed by atoms with E-state index < -0.39 is 0 Å². The molecule has 0 spiro atoms. The number of nitrogens with zero attached hydrogens (tertiary/aromatic N) is 1. The maximum Gasteiger partial charge on any atom is 0.332 e. The summed E-state index contributed by atoms with van der Waals surface area (Å²) in [5, 5.41) is 0.809. The number of fused-ring (bicyclic) bond motifs is 1. The molecule has 0 aliphatic carbocycles. The Labute approximate surface area is 92.5 Å². The predicted molar refractivity (Wildman–Crippen MR) is 54.0 cm³/mol. The molecule has 0 aliphatic rings. The fourth-order valence-corrected chi connectivity index (χ4v) is 2.23. The van der Waals surface area contributed by atoms with E-state index in [4.69, 9.17) is 10.5 Å². The maximum atomic E-state index is 5.78. The van der Waals surface area contributed by atoms with Crippen molar-refractivity contribution in [3.05, 3.63) is 18.2 Å². The minimum atomic E-state index is 0. The van der Waals surface area contributed by atoms with E-state index in [1.165, 1.54) is 0 Å². The van der Waals surface area contributed by atoms with Gasteiger partial charge < -0.3 is 17.1 Å². The van der Waals surface area contributed by atoms with Crippen LogP contribution >= 0.6 is 11.3 Å². The van der Waals surface area contributed by atoms with Gasteiger partial charge in [-0.25, -0.2) is 4.57 Å². The van der Waals surface area contributed by atoms with Crippen LogP contribution in [0.2, 0.25) is 0 Å². The second-order valence-corrected chi connectivity index (χ2v) is 3.90. The number of methoxy groups -OCH3 is 1. The second kappa shape index (κ2) is 4.02. The number of hydrogen-bond donors (Lipinski definition) is 1. The molecule has 2 rings (SSSR count). The smallest absolute Gasteiger partial charge is 0.332 e. The highest BCUT2D eigenvalue weighted by atomic mass is 35.5. The van der Waals surface area contributed by atoms with Crippen molar-refractivity contribution in [3.8, 4) is 5.75 Å². The topological polar surface area (TPSA) is 39.1 Å². The van der Waals surface area contributed by atoms with Gasteiger partial charge in [-0.05, 0) is 23.5 Å². The van der Waals surface area contributed by atoms with E-state index in [1.807, 2.05) is 29.8 Å². The lowest BCUT2D eigenvalue weighted by Gasteiger charge is -1.96. The van der Waals surface area contributed by atoms with Gasteiger partial charge in [0.05, 0.1) is 18.9 Å². The summed E-state index contributed by atoms with van der Waals surface area (Å²) >= 11 is 1.57. The summed E-state index contributed by atoms with van der Waals surface area (Å²) in [5.74, 6) is 0.870. The van der Waals surface area contributed by atoms with Crippen molar-refractivity contribution in [2.75, 3.05) is 12.8 Å². The minimum Gasteiger partial charge on any atom is -1.00 e. The summed E-state index contributed by atoms with van der Waals surface area (Å²) in [6.45, 7) is 0. The molecule has 0 saturated carbocycles. The third-order valence-electron chi connectivity index (χ3n) is 2.07. The Balaban J connectivity index is 0.000000980. The lowest BCUT2D eigenvalue weighted by molar-refractivity contribution is -0.626. The SMILES string of the molecule is COc1ccc2c(c1)sc(N)[n+]2C.[Cl-]. The van der Waals surface area contributed by atoms with Crippen LogP contribution in [-0.4, -0.2) is 7.11 Å². The van der Waals surface area contributed by atoms with E-state index in [0.717, 1.165) is 21.1 Å². The first-order valence-electron chi connectivity index (χ1n) is 3.94. The molecule has 0 saturated heterocycles. The summed E-state index contributed by atoms with van der Waals surface area (Å²) in [6.07, 6.45) is 0. The average molecular weight is 231 g/mol. The molecule has 14 heavy (non-hydrogen) atoms. The molecule has 0 bridgehead atoms. The molecule has 1 heterocycles. The maximum absolute atomic E-state index is 5.78. The van der Waals surface area contributed by atoms with Crippen LogP contribution in [0.15, 0.2) is 18.2 Å². The van der Waals surface area contributed by atoms with Crippen LogP contribution in [-0.2, 0) is 7.05 Å². The summed E-state index contributed by atoms with van der Waals surface area (Å²) in [6, 6.07) is 5.95. The fourth-order valence-electron chi connectivity index (χ4n) is 1.28. The Morgan fingerprint density at radius 1 is 1.43 bits per heavy atom. The van der Waals surface area contributed by atoms with Crippen LogP contribution in [0.3, 0.4) is 0 Å². The highest BCUT2D eigenvalue weighted by Crippen LogP contribution is 2.25. The van der Waals surface area contributed by atoms with Crippen molar-refractivity contribution in [3.63, 3.8) is 0 Å². The molecule has 2 N–H and O–H groups in total. The van der Waals surface area contributed by atoms with Gasteiger partial charge in [-0.2, -0.15) is 0 Å². The van der Waals surface area contributed by atoms with E-state index in [9.17, 15) is 0 Å². The van der Waals surface area contributed by atoms with Crippen LogP contribution in [0.1, 0.15) is 0 Å². The summed E-state index contributed by atoms with van der Waals surface area (Å²) in [4.78, 5) is 0. The fraction of sp³-hybridized carbons (Fsp3) is 0.222. The summed E-state index contributed by atoms with van der Waals surface area (Å²) < 4.78 is 8.25. The number of aryl methyl sites for hydroxylation is 1. The first-order chi connectivity index (χ1) is 6.22. The van der Waals surface area contributed by atoms with Gasteiger partial charge in [0, 0.05) is 6.07 Å². The van der Waals surface area contributed by atoms with Gasteiger partial charge in [0.2, 0.25) is 0 Å². The van der Waals surface area contributed by atoms with Gasteiger partial charge in [0.25, 0.3) is 0 Å². The number of ether oxygens (including phenoxy) is 1.